The van der Waals surface area contributed by atoms with Gasteiger partial charge in [0.2, 0.25) is 5.91 Å². The molecule has 5 N–H and O–H groups in total. The Hall–Kier alpha value is -6.01. The SMILES string of the molecule is CC(C)CC[C@H](O)C(=O)NN(Cc1ccccc1)C(=O)C(Cc1cnc[nH]1)NC(=O)[C@@H](Cc1cccc2ccccc12)NC(=O)OCc1ccccc1. The zero-order valence-corrected chi connectivity index (χ0v) is 29.9. The lowest BCUT2D eigenvalue weighted by Crippen LogP contribution is -2.59. The summed E-state index contributed by atoms with van der Waals surface area (Å²) in [5.41, 5.74) is 5.44. The van der Waals surface area contributed by atoms with Crippen molar-refractivity contribution < 1.29 is 29.0 Å². The number of carbonyl (C=O) groups is 4. The molecule has 1 aromatic heterocycles. The van der Waals surface area contributed by atoms with Gasteiger partial charge in [0, 0.05) is 24.7 Å². The summed E-state index contributed by atoms with van der Waals surface area (Å²) in [6.07, 6.45) is 1.74. The average Bonchev–Trinajstić information content (AvgIpc) is 3.69. The maximum Gasteiger partial charge on any atom is 0.408 e. The molecule has 276 valence electrons. The molecule has 1 unspecified atom stereocenters. The molecular formula is C41H46N6O6. The lowest BCUT2D eigenvalue weighted by molar-refractivity contribution is -0.148. The molecule has 0 radical (unpaired) electrons. The molecule has 0 aliphatic heterocycles. The Kier molecular flexibility index (Phi) is 13.7. The minimum atomic E-state index is -1.35. The van der Waals surface area contributed by atoms with Crippen LogP contribution in [0.1, 0.15) is 49.1 Å². The number of ether oxygens (including phenoxy) is 1. The quantitative estimate of drug-likeness (QED) is 0.0898. The topological polar surface area (TPSA) is 166 Å². The van der Waals surface area contributed by atoms with Gasteiger partial charge in [-0.3, -0.25) is 19.8 Å². The molecule has 12 nitrogen and oxygen atoms in total. The third-order valence-corrected chi connectivity index (χ3v) is 8.73. The highest BCUT2D eigenvalue weighted by molar-refractivity contribution is 5.93. The summed E-state index contributed by atoms with van der Waals surface area (Å²) in [5, 5.41) is 19.2. The first kappa shape index (κ1) is 38.2. The Morgan fingerprint density at radius 2 is 1.45 bits per heavy atom. The second-order valence-corrected chi connectivity index (χ2v) is 13.3. The first-order valence-electron chi connectivity index (χ1n) is 17.7. The number of aromatic amines is 1. The van der Waals surface area contributed by atoms with Crippen LogP contribution in [0.5, 0.6) is 0 Å². The van der Waals surface area contributed by atoms with Gasteiger partial charge in [-0.1, -0.05) is 117 Å². The molecule has 0 saturated heterocycles. The smallest absolute Gasteiger partial charge is 0.408 e. The van der Waals surface area contributed by atoms with E-state index >= 15 is 0 Å². The van der Waals surface area contributed by atoms with Crippen molar-refractivity contribution in [1.29, 1.82) is 0 Å². The molecule has 1 heterocycles. The maximum atomic E-state index is 14.4. The molecule has 0 aliphatic rings. The standard InChI is InChI=1S/C41H46N6O6/c1-28(2)20-21-37(48)39(50)46-47(25-29-12-5-3-6-13-29)40(51)36(23-33-24-42-27-43-33)44-38(49)35(45-41(52)53-26-30-14-7-4-8-15-30)22-32-18-11-17-31-16-9-10-19-34(31)32/h3-19,24,27-28,35-37,48H,20-23,25-26H2,1-2H3,(H,42,43)(H,44,49)(H,45,52)(H,46,50)/t35-,36?,37+/m1/s1. The van der Waals surface area contributed by atoms with Gasteiger partial charge in [0.25, 0.3) is 11.8 Å². The molecule has 0 bridgehead atoms. The first-order chi connectivity index (χ1) is 25.7. The summed E-state index contributed by atoms with van der Waals surface area (Å²) in [6, 6.07) is 29.3. The lowest BCUT2D eigenvalue weighted by atomic mass is 9.98. The number of aromatic nitrogens is 2. The van der Waals surface area contributed by atoms with E-state index in [1.54, 1.807) is 12.1 Å². The number of amides is 4. The van der Waals surface area contributed by atoms with Crippen LogP contribution in [0, 0.1) is 5.92 Å². The van der Waals surface area contributed by atoms with Gasteiger partial charge >= 0.3 is 6.09 Å². The first-order valence-corrected chi connectivity index (χ1v) is 17.7. The van der Waals surface area contributed by atoms with Gasteiger partial charge in [0.1, 0.15) is 24.8 Å². The van der Waals surface area contributed by atoms with E-state index in [1.165, 1.54) is 12.5 Å². The Balaban J connectivity index is 1.42. The van der Waals surface area contributed by atoms with Crippen LogP contribution in [-0.2, 0) is 45.1 Å². The number of rotatable bonds is 16. The predicted molar refractivity (Wildman–Crippen MR) is 201 cm³/mol. The van der Waals surface area contributed by atoms with E-state index in [2.05, 4.69) is 26.0 Å². The van der Waals surface area contributed by atoms with E-state index in [0.29, 0.717) is 17.7 Å². The largest absolute Gasteiger partial charge is 0.445 e. The van der Waals surface area contributed by atoms with E-state index in [-0.39, 0.29) is 38.3 Å². The summed E-state index contributed by atoms with van der Waals surface area (Å²) in [7, 11) is 0. The van der Waals surface area contributed by atoms with E-state index in [0.717, 1.165) is 26.9 Å². The number of imidazole rings is 1. The number of nitrogens with one attached hydrogen (secondary N) is 4. The number of hydrogen-bond donors (Lipinski definition) is 5. The molecule has 0 saturated carbocycles. The number of aliphatic hydroxyl groups is 1. The fourth-order valence-electron chi connectivity index (χ4n) is 5.85. The summed E-state index contributed by atoms with van der Waals surface area (Å²) >= 11 is 0. The highest BCUT2D eigenvalue weighted by Crippen LogP contribution is 2.20. The number of hydrazine groups is 1. The number of hydrogen-bond acceptors (Lipinski definition) is 7. The molecule has 0 spiro atoms. The molecule has 12 heteroatoms. The molecule has 53 heavy (non-hydrogen) atoms. The molecule has 5 aromatic rings. The van der Waals surface area contributed by atoms with Crippen molar-refractivity contribution in [3.63, 3.8) is 0 Å². The van der Waals surface area contributed by atoms with Crippen LogP contribution in [0.4, 0.5) is 4.79 Å². The highest BCUT2D eigenvalue weighted by Gasteiger charge is 2.32. The Labute approximate surface area is 308 Å². The van der Waals surface area contributed by atoms with Gasteiger partial charge in [-0.15, -0.1) is 0 Å². The molecule has 4 aromatic carbocycles. The molecule has 5 rings (SSSR count). The van der Waals surface area contributed by atoms with Crippen molar-refractivity contribution in [2.24, 2.45) is 5.92 Å². The zero-order chi connectivity index (χ0) is 37.6. The van der Waals surface area contributed by atoms with Crippen molar-refractivity contribution >= 4 is 34.6 Å². The van der Waals surface area contributed by atoms with Gasteiger partial charge in [-0.05, 0) is 46.2 Å². The van der Waals surface area contributed by atoms with E-state index in [1.807, 2.05) is 105 Å². The van der Waals surface area contributed by atoms with Crippen molar-refractivity contribution in [1.82, 2.24) is 31.0 Å². The van der Waals surface area contributed by atoms with E-state index < -0.39 is 42.0 Å². The van der Waals surface area contributed by atoms with Crippen LogP contribution in [0.15, 0.2) is 116 Å². The summed E-state index contributed by atoms with van der Waals surface area (Å²) in [4.78, 5) is 62.2. The summed E-state index contributed by atoms with van der Waals surface area (Å²) in [6.45, 7) is 3.93. The third-order valence-electron chi connectivity index (χ3n) is 8.73. The van der Waals surface area contributed by atoms with Gasteiger partial charge in [-0.25, -0.2) is 14.8 Å². The maximum absolute atomic E-state index is 14.4. The normalized spacial score (nSPS) is 12.8. The number of fused-ring (bicyclic) bond motifs is 1. The number of alkyl carbamates (subject to hydrolysis) is 1. The Bertz CT molecular complexity index is 1930. The number of H-pyrrole nitrogens is 1. The molecular weight excluding hydrogens is 672 g/mol. The number of aliphatic hydroxyl groups excluding tert-OH is 1. The molecule has 4 amide bonds. The van der Waals surface area contributed by atoms with Crippen LogP contribution in [0.25, 0.3) is 10.8 Å². The van der Waals surface area contributed by atoms with Gasteiger partial charge < -0.3 is 25.5 Å². The van der Waals surface area contributed by atoms with Crippen molar-refractivity contribution in [2.45, 2.75) is 70.9 Å². The summed E-state index contributed by atoms with van der Waals surface area (Å²) in [5.74, 6) is -1.76. The fourth-order valence-corrected chi connectivity index (χ4v) is 5.85. The minimum Gasteiger partial charge on any atom is -0.445 e. The summed E-state index contributed by atoms with van der Waals surface area (Å²) < 4.78 is 5.49. The average molecular weight is 719 g/mol. The number of benzene rings is 4. The van der Waals surface area contributed by atoms with Gasteiger partial charge in [0.05, 0.1) is 12.9 Å². The van der Waals surface area contributed by atoms with Crippen LogP contribution in [0.3, 0.4) is 0 Å². The number of carbonyl (C=O) groups excluding carboxylic acids is 4. The monoisotopic (exact) mass is 718 g/mol. The lowest BCUT2D eigenvalue weighted by Gasteiger charge is -2.30. The third kappa shape index (κ3) is 11.5. The van der Waals surface area contributed by atoms with Gasteiger partial charge in [0.15, 0.2) is 0 Å². The van der Waals surface area contributed by atoms with Gasteiger partial charge in [-0.2, -0.15) is 0 Å². The van der Waals surface area contributed by atoms with Crippen LogP contribution in [-0.4, -0.2) is 62.1 Å². The van der Waals surface area contributed by atoms with Crippen molar-refractivity contribution in [2.75, 3.05) is 0 Å². The van der Waals surface area contributed by atoms with Crippen LogP contribution < -0.4 is 16.1 Å². The minimum absolute atomic E-state index is 0.00657. The second-order valence-electron chi connectivity index (χ2n) is 13.3. The fraction of sp³-hybridized carbons (Fsp3) is 0.293. The van der Waals surface area contributed by atoms with Crippen molar-refractivity contribution in [3.05, 3.63) is 138 Å². The van der Waals surface area contributed by atoms with Crippen molar-refractivity contribution in [3.8, 4) is 0 Å². The van der Waals surface area contributed by atoms with E-state index in [9.17, 15) is 24.3 Å². The Morgan fingerprint density at radius 3 is 2.15 bits per heavy atom. The van der Waals surface area contributed by atoms with Crippen LogP contribution in [0.2, 0.25) is 0 Å². The van der Waals surface area contributed by atoms with Crippen LogP contribution >= 0.6 is 0 Å². The molecule has 3 atom stereocenters. The highest BCUT2D eigenvalue weighted by atomic mass is 16.5. The van der Waals surface area contributed by atoms with E-state index in [4.69, 9.17) is 4.74 Å². The number of nitrogens with zero attached hydrogens (tertiary/aromatic N) is 2. The predicted octanol–water partition coefficient (Wildman–Crippen LogP) is 4.99. The molecule has 0 aliphatic carbocycles. The second kappa shape index (κ2) is 19.0. The molecule has 0 fully saturated rings. The Morgan fingerprint density at radius 1 is 0.774 bits per heavy atom. The zero-order valence-electron chi connectivity index (χ0n) is 29.9.